The first-order valence-corrected chi connectivity index (χ1v) is 6.79. The molecule has 1 heterocycles. The first-order chi connectivity index (χ1) is 6.15. The van der Waals surface area contributed by atoms with Crippen LogP contribution in [0.5, 0.6) is 0 Å². The number of nitrogen functional groups attached to an aromatic ring is 1. The molecule has 2 nitrogen and oxygen atoms in total. The summed E-state index contributed by atoms with van der Waals surface area (Å²) in [5.41, 5.74) is 5.85. The number of rotatable bonds is 0. The zero-order chi connectivity index (χ0) is 9.84. The van der Waals surface area contributed by atoms with Crippen molar-refractivity contribution in [1.82, 2.24) is 4.98 Å². The molecule has 0 unspecified atom stereocenters. The van der Waals surface area contributed by atoms with Crippen LogP contribution in [0, 0.1) is 17.1 Å². The minimum Gasteiger partial charge on any atom is -0.383 e. The molecule has 0 saturated carbocycles. The van der Waals surface area contributed by atoms with Gasteiger partial charge < -0.3 is 5.73 Å². The summed E-state index contributed by atoms with van der Waals surface area (Å²) in [6.07, 6.45) is 0. The topological polar surface area (TPSA) is 38.9 Å². The second-order valence-electron chi connectivity index (χ2n) is 2.00. The van der Waals surface area contributed by atoms with E-state index < -0.39 is 5.95 Å². The number of halogens is 3. The quantitative estimate of drug-likeness (QED) is 0.452. The number of nitrogens with two attached hydrogens (primary N) is 1. The Kier molecular flexibility index (Phi) is 4.09. The fourth-order valence-electron chi connectivity index (χ4n) is 0.654. The molecular weight excluding hydrogens is 326 g/mol. The molecule has 0 amide bonds. The van der Waals surface area contributed by atoms with Gasteiger partial charge >= 0.3 is 0 Å². The van der Waals surface area contributed by atoms with Crippen LogP contribution in [0.1, 0.15) is 5.56 Å². The number of anilines is 1. The highest BCUT2D eigenvalue weighted by molar-refractivity contribution is 14.2. The van der Waals surface area contributed by atoms with Crippen molar-refractivity contribution >= 4 is 47.6 Å². The van der Waals surface area contributed by atoms with Crippen molar-refractivity contribution in [2.45, 2.75) is 0 Å². The highest BCUT2D eigenvalue weighted by Gasteiger charge is 2.05. The number of hydrogen-bond donors (Lipinski definition) is 1. The Hall–Kier alpha value is -0.190. The summed E-state index contributed by atoms with van der Waals surface area (Å²) in [4.78, 5) is 3.39. The first-order valence-electron chi connectivity index (χ1n) is 3.05. The lowest BCUT2D eigenvalue weighted by Gasteiger charge is -1.98. The third-order valence-corrected chi connectivity index (χ3v) is 2.29. The monoisotopic (exact) mass is 328 g/mol. The molecule has 0 radical (unpaired) electrons. The van der Waals surface area contributed by atoms with Crippen LogP contribution in [0.25, 0.3) is 0 Å². The van der Waals surface area contributed by atoms with E-state index in [-0.39, 0.29) is 10.8 Å². The van der Waals surface area contributed by atoms with Gasteiger partial charge in [0.1, 0.15) is 5.82 Å². The molecular formula is C7H3ClFIN2S. The maximum Gasteiger partial charge on any atom is 0.233 e. The molecule has 0 aliphatic heterocycles. The lowest BCUT2D eigenvalue weighted by atomic mass is 10.3. The second-order valence-corrected chi connectivity index (χ2v) is 4.08. The molecule has 0 aliphatic carbocycles. The first kappa shape index (κ1) is 10.9. The van der Waals surface area contributed by atoms with Gasteiger partial charge in [0.2, 0.25) is 5.95 Å². The molecule has 13 heavy (non-hydrogen) atoms. The van der Waals surface area contributed by atoms with Crippen LogP contribution >= 0.6 is 41.7 Å². The Morgan fingerprint density at radius 2 is 2.38 bits per heavy atom. The number of hydrogen-bond acceptors (Lipinski definition) is 3. The summed E-state index contributed by atoms with van der Waals surface area (Å²) in [7, 11) is 1.30. The molecule has 1 aromatic heterocycles. The third-order valence-electron chi connectivity index (χ3n) is 1.19. The van der Waals surface area contributed by atoms with Gasteiger partial charge in [-0.2, -0.15) is 4.39 Å². The van der Waals surface area contributed by atoms with E-state index >= 15 is 0 Å². The summed E-state index contributed by atoms with van der Waals surface area (Å²) in [6, 6.07) is 1.36. The van der Waals surface area contributed by atoms with Crippen LogP contribution in [-0.2, 0) is 0 Å². The highest BCUT2D eigenvalue weighted by Crippen LogP contribution is 2.18. The second kappa shape index (κ2) is 4.88. The van der Waals surface area contributed by atoms with Crippen LogP contribution in [0.15, 0.2) is 6.07 Å². The minimum absolute atomic E-state index is 0.0554. The van der Waals surface area contributed by atoms with Crippen molar-refractivity contribution < 1.29 is 4.39 Å². The number of aromatic nitrogens is 1. The molecule has 0 aliphatic rings. The van der Waals surface area contributed by atoms with Crippen molar-refractivity contribution in [3.8, 4) is 11.2 Å². The van der Waals surface area contributed by atoms with Crippen LogP contribution in [0.3, 0.4) is 0 Å². The molecule has 68 valence electrons. The third kappa shape index (κ3) is 2.90. The smallest absolute Gasteiger partial charge is 0.233 e. The van der Waals surface area contributed by atoms with E-state index in [0.717, 1.165) is 0 Å². The molecule has 0 saturated heterocycles. The Morgan fingerprint density at radius 3 is 3.00 bits per heavy atom. The van der Waals surface area contributed by atoms with Crippen molar-refractivity contribution in [3.05, 3.63) is 22.6 Å². The molecule has 0 spiro atoms. The fraction of sp³-hybridized carbons (Fsp3) is 0. The van der Waals surface area contributed by atoms with E-state index in [1.807, 2.05) is 21.2 Å². The van der Waals surface area contributed by atoms with Gasteiger partial charge in [-0.3, -0.25) is 0 Å². The molecule has 1 aromatic rings. The minimum atomic E-state index is -0.771. The summed E-state index contributed by atoms with van der Waals surface area (Å²) < 4.78 is 12.7. The number of pyridine rings is 1. The maximum absolute atomic E-state index is 12.7. The molecule has 1 rings (SSSR count). The predicted octanol–water partition coefficient (Wildman–Crippen LogP) is 2.85. The van der Waals surface area contributed by atoms with Gasteiger partial charge in [-0.1, -0.05) is 17.5 Å². The Labute approximate surface area is 96.0 Å². The SMILES string of the molecule is Nc1nc(F)c(Cl)cc1C#CSI. The standard InChI is InChI=1S/C7H3ClFIN2S/c8-5-3-4(1-2-13-10)7(11)12-6(5)9/h3H,(H2,11,12). The average Bonchev–Trinajstić information content (AvgIpc) is 2.09. The van der Waals surface area contributed by atoms with Gasteiger partial charge in [-0.15, -0.1) is 0 Å². The van der Waals surface area contributed by atoms with Crippen molar-refractivity contribution in [2.75, 3.05) is 5.73 Å². The molecule has 0 fully saturated rings. The summed E-state index contributed by atoms with van der Waals surface area (Å²) in [5.74, 6) is 1.98. The summed E-state index contributed by atoms with van der Waals surface area (Å²) >= 11 is 7.51. The van der Waals surface area contributed by atoms with E-state index in [1.54, 1.807) is 0 Å². The highest BCUT2D eigenvalue weighted by atomic mass is 127. The predicted molar refractivity (Wildman–Crippen MR) is 62.1 cm³/mol. The van der Waals surface area contributed by atoms with E-state index in [9.17, 15) is 4.39 Å². The lowest BCUT2D eigenvalue weighted by molar-refractivity contribution is 0.586. The van der Waals surface area contributed by atoms with E-state index in [2.05, 4.69) is 16.2 Å². The van der Waals surface area contributed by atoms with Crippen molar-refractivity contribution in [1.29, 1.82) is 0 Å². The Balaban J connectivity index is 3.16. The van der Waals surface area contributed by atoms with Gasteiger partial charge in [0, 0.05) is 21.2 Å². The normalized spacial score (nSPS) is 9.15. The lowest BCUT2D eigenvalue weighted by Crippen LogP contribution is -1.97. The molecule has 2 N–H and O–H groups in total. The van der Waals surface area contributed by atoms with Gasteiger partial charge in [-0.25, -0.2) is 4.98 Å². The zero-order valence-corrected chi connectivity index (χ0v) is 9.87. The van der Waals surface area contributed by atoms with Gasteiger partial charge in [0.25, 0.3) is 0 Å². The van der Waals surface area contributed by atoms with E-state index in [4.69, 9.17) is 17.3 Å². The van der Waals surface area contributed by atoms with Crippen LogP contribution in [-0.4, -0.2) is 4.98 Å². The number of nitrogens with zero attached hydrogens (tertiary/aromatic N) is 1. The maximum atomic E-state index is 12.7. The summed E-state index contributed by atoms with van der Waals surface area (Å²) in [6.45, 7) is 0. The van der Waals surface area contributed by atoms with Gasteiger partial charge in [0.15, 0.2) is 0 Å². The average molecular weight is 329 g/mol. The van der Waals surface area contributed by atoms with Crippen LogP contribution in [0.4, 0.5) is 10.2 Å². The molecule has 6 heteroatoms. The summed E-state index contributed by atoms with van der Waals surface area (Å²) in [5, 5.41) is 2.63. The van der Waals surface area contributed by atoms with E-state index in [0.29, 0.717) is 5.56 Å². The van der Waals surface area contributed by atoms with E-state index in [1.165, 1.54) is 15.0 Å². The zero-order valence-electron chi connectivity index (χ0n) is 6.14. The largest absolute Gasteiger partial charge is 0.383 e. The Bertz CT molecular complexity index is 388. The Morgan fingerprint density at radius 1 is 1.69 bits per heavy atom. The van der Waals surface area contributed by atoms with Crippen LogP contribution < -0.4 is 5.73 Å². The molecule has 0 atom stereocenters. The molecule has 0 aromatic carbocycles. The van der Waals surface area contributed by atoms with Crippen molar-refractivity contribution in [2.24, 2.45) is 0 Å². The van der Waals surface area contributed by atoms with Crippen LogP contribution in [0.2, 0.25) is 5.02 Å². The molecule has 0 bridgehead atoms. The fourth-order valence-corrected chi connectivity index (χ4v) is 1.28. The van der Waals surface area contributed by atoms with Gasteiger partial charge in [-0.05, 0) is 20.3 Å². The van der Waals surface area contributed by atoms with Crippen molar-refractivity contribution in [3.63, 3.8) is 0 Å². The van der Waals surface area contributed by atoms with Gasteiger partial charge in [0.05, 0.1) is 10.6 Å².